The van der Waals surface area contributed by atoms with Crippen LogP contribution in [0.5, 0.6) is 11.5 Å². The molecule has 2 unspecified atom stereocenters. The predicted octanol–water partition coefficient (Wildman–Crippen LogP) is 5.84. The van der Waals surface area contributed by atoms with Gasteiger partial charge in [-0.3, -0.25) is 5.32 Å². The van der Waals surface area contributed by atoms with Crippen molar-refractivity contribution in [2.45, 2.75) is 38.3 Å². The molecule has 2 heterocycles. The molecule has 2 aliphatic rings. The van der Waals surface area contributed by atoms with Gasteiger partial charge < -0.3 is 4.74 Å². The van der Waals surface area contributed by atoms with Crippen LogP contribution in [0.4, 0.5) is 0 Å². The van der Waals surface area contributed by atoms with Crippen LogP contribution in [0.2, 0.25) is 0 Å². The van der Waals surface area contributed by atoms with Crippen LogP contribution in [-0.2, 0) is 5.54 Å². The lowest BCUT2D eigenvalue weighted by Gasteiger charge is -2.34. The van der Waals surface area contributed by atoms with E-state index >= 15 is 0 Å². The molecule has 27 heavy (non-hydrogen) atoms. The fourth-order valence-corrected chi connectivity index (χ4v) is 4.92. The van der Waals surface area contributed by atoms with E-state index in [1.165, 1.54) is 16.7 Å². The van der Waals surface area contributed by atoms with E-state index in [9.17, 15) is 0 Å². The molecule has 2 aliphatic heterocycles. The molecule has 2 nitrogen and oxygen atoms in total. The highest BCUT2D eigenvalue weighted by Gasteiger charge is 2.65. The molecule has 2 heteroatoms. The average Bonchev–Trinajstić information content (AvgIpc) is 3.43. The second-order valence-electron chi connectivity index (χ2n) is 8.70. The van der Waals surface area contributed by atoms with Crippen LogP contribution in [0.15, 0.2) is 78.9 Å². The van der Waals surface area contributed by atoms with E-state index in [0.29, 0.717) is 6.04 Å². The van der Waals surface area contributed by atoms with Gasteiger partial charge in [-0.1, -0.05) is 87.5 Å². The standard InChI is InChI=1S/C25H25NO/c1-24(2,3)25(17-11-5-4-6-12-17)23(26-25)22-18-13-7-9-15-20(18)27-21-16-10-8-14-19(21)22/h4-16,22-23,26H,1-3H3. The first-order valence-electron chi connectivity index (χ1n) is 9.71. The minimum atomic E-state index is -0.0590. The Hall–Kier alpha value is -2.58. The Bertz CT molecular complexity index is 943. The summed E-state index contributed by atoms with van der Waals surface area (Å²) in [6.45, 7) is 7.01. The number of benzene rings is 3. The highest BCUT2D eigenvalue weighted by atomic mass is 16.5. The number of hydrogen-bond donors (Lipinski definition) is 1. The maximum Gasteiger partial charge on any atom is 0.131 e. The first kappa shape index (κ1) is 16.6. The van der Waals surface area contributed by atoms with Crippen LogP contribution in [0, 0.1) is 5.41 Å². The maximum absolute atomic E-state index is 6.22. The molecule has 0 bridgehead atoms. The molecular formula is C25H25NO. The van der Waals surface area contributed by atoms with Crippen LogP contribution in [0.1, 0.15) is 43.4 Å². The van der Waals surface area contributed by atoms with Gasteiger partial charge in [0.2, 0.25) is 0 Å². The highest BCUT2D eigenvalue weighted by molar-refractivity contribution is 5.57. The summed E-state index contributed by atoms with van der Waals surface area (Å²) in [5, 5.41) is 3.93. The third-order valence-electron chi connectivity index (χ3n) is 6.24. The molecule has 0 amide bonds. The topological polar surface area (TPSA) is 31.2 Å². The molecule has 1 fully saturated rings. The first-order chi connectivity index (χ1) is 13.0. The minimum Gasteiger partial charge on any atom is -0.457 e. The second-order valence-corrected chi connectivity index (χ2v) is 8.70. The Morgan fingerprint density at radius 1 is 0.741 bits per heavy atom. The van der Waals surface area contributed by atoms with Gasteiger partial charge in [-0.15, -0.1) is 0 Å². The lowest BCUT2D eigenvalue weighted by molar-refractivity contribution is 0.277. The molecule has 5 rings (SSSR count). The minimum absolute atomic E-state index is 0.0590. The van der Waals surface area contributed by atoms with Gasteiger partial charge >= 0.3 is 0 Å². The van der Waals surface area contributed by atoms with E-state index < -0.39 is 0 Å². The van der Waals surface area contributed by atoms with Gasteiger partial charge in [0.25, 0.3) is 0 Å². The van der Waals surface area contributed by atoms with Crippen molar-refractivity contribution in [2.75, 3.05) is 0 Å². The van der Waals surface area contributed by atoms with Gasteiger partial charge in [0.15, 0.2) is 0 Å². The van der Waals surface area contributed by atoms with Gasteiger partial charge in [-0.25, -0.2) is 0 Å². The van der Waals surface area contributed by atoms with E-state index in [-0.39, 0.29) is 16.9 Å². The molecule has 1 N–H and O–H groups in total. The summed E-state index contributed by atoms with van der Waals surface area (Å²) in [5.74, 6) is 2.22. The Balaban J connectivity index is 1.68. The van der Waals surface area contributed by atoms with E-state index in [1.54, 1.807) is 0 Å². The van der Waals surface area contributed by atoms with Crippen molar-refractivity contribution in [3.63, 3.8) is 0 Å². The number of hydrogen-bond acceptors (Lipinski definition) is 2. The van der Waals surface area contributed by atoms with Gasteiger partial charge in [-0.2, -0.15) is 0 Å². The van der Waals surface area contributed by atoms with E-state index in [4.69, 9.17) is 4.74 Å². The van der Waals surface area contributed by atoms with Crippen molar-refractivity contribution in [1.29, 1.82) is 0 Å². The van der Waals surface area contributed by atoms with Crippen LogP contribution < -0.4 is 10.1 Å². The lowest BCUT2D eigenvalue weighted by Crippen LogP contribution is -2.34. The fraction of sp³-hybridized carbons (Fsp3) is 0.280. The van der Waals surface area contributed by atoms with E-state index in [2.05, 4.69) is 105 Å². The van der Waals surface area contributed by atoms with Crippen LogP contribution in [-0.4, -0.2) is 6.04 Å². The quantitative estimate of drug-likeness (QED) is 0.586. The monoisotopic (exact) mass is 355 g/mol. The van der Waals surface area contributed by atoms with Gasteiger partial charge in [0, 0.05) is 23.1 Å². The molecule has 3 aromatic carbocycles. The zero-order chi connectivity index (χ0) is 18.6. The van der Waals surface area contributed by atoms with Crippen molar-refractivity contribution in [2.24, 2.45) is 5.41 Å². The molecule has 1 saturated heterocycles. The third kappa shape index (κ3) is 2.36. The van der Waals surface area contributed by atoms with Crippen molar-refractivity contribution in [1.82, 2.24) is 5.32 Å². The number of fused-ring (bicyclic) bond motifs is 2. The van der Waals surface area contributed by atoms with Crippen LogP contribution >= 0.6 is 0 Å². The SMILES string of the molecule is CC(C)(C)C1(c2ccccc2)NC1C1c2ccccc2Oc2ccccc21. The molecule has 0 saturated carbocycles. The van der Waals surface area contributed by atoms with Gasteiger partial charge in [0.05, 0.1) is 5.54 Å². The Morgan fingerprint density at radius 2 is 1.26 bits per heavy atom. The number of nitrogens with one attached hydrogen (secondary N) is 1. The summed E-state index contributed by atoms with van der Waals surface area (Å²) in [4.78, 5) is 0. The zero-order valence-corrected chi connectivity index (χ0v) is 16.1. The summed E-state index contributed by atoms with van der Waals surface area (Å²) in [5.41, 5.74) is 3.94. The Labute approximate surface area is 161 Å². The summed E-state index contributed by atoms with van der Waals surface area (Å²) >= 11 is 0. The molecule has 0 aromatic heterocycles. The second kappa shape index (κ2) is 5.71. The number of para-hydroxylation sites is 2. The van der Waals surface area contributed by atoms with Gasteiger partial charge in [0.1, 0.15) is 11.5 Å². The smallest absolute Gasteiger partial charge is 0.131 e. The van der Waals surface area contributed by atoms with Crippen LogP contribution in [0.25, 0.3) is 0 Å². The van der Waals surface area contributed by atoms with E-state index in [0.717, 1.165) is 11.5 Å². The van der Waals surface area contributed by atoms with Crippen molar-refractivity contribution in [3.8, 4) is 11.5 Å². The molecule has 2 atom stereocenters. The summed E-state index contributed by atoms with van der Waals surface area (Å²) in [6, 6.07) is 28.2. The summed E-state index contributed by atoms with van der Waals surface area (Å²) in [6.07, 6.45) is 0. The van der Waals surface area contributed by atoms with Crippen molar-refractivity contribution < 1.29 is 4.74 Å². The summed E-state index contributed by atoms with van der Waals surface area (Å²) in [7, 11) is 0. The largest absolute Gasteiger partial charge is 0.457 e. The Morgan fingerprint density at radius 3 is 1.81 bits per heavy atom. The molecular weight excluding hydrogens is 330 g/mol. The van der Waals surface area contributed by atoms with E-state index in [1.807, 2.05) is 0 Å². The van der Waals surface area contributed by atoms with Crippen LogP contribution in [0.3, 0.4) is 0 Å². The molecule has 136 valence electrons. The first-order valence-corrected chi connectivity index (χ1v) is 9.71. The number of ether oxygens (including phenoxy) is 1. The molecule has 0 spiro atoms. The highest BCUT2D eigenvalue weighted by Crippen LogP contribution is 2.60. The normalized spacial score (nSPS) is 23.9. The van der Waals surface area contributed by atoms with Gasteiger partial charge in [-0.05, 0) is 23.1 Å². The van der Waals surface area contributed by atoms with Crippen molar-refractivity contribution in [3.05, 3.63) is 95.6 Å². The molecule has 0 aliphatic carbocycles. The maximum atomic E-state index is 6.22. The number of rotatable bonds is 2. The predicted molar refractivity (Wildman–Crippen MR) is 109 cm³/mol. The molecule has 3 aromatic rings. The van der Waals surface area contributed by atoms with Crippen molar-refractivity contribution >= 4 is 0 Å². The molecule has 0 radical (unpaired) electrons. The summed E-state index contributed by atoms with van der Waals surface area (Å²) < 4.78 is 6.22. The lowest BCUT2D eigenvalue weighted by atomic mass is 9.69. The Kier molecular flexibility index (Phi) is 3.50. The zero-order valence-electron chi connectivity index (χ0n) is 16.1. The fourth-order valence-electron chi connectivity index (χ4n) is 4.92. The third-order valence-corrected chi connectivity index (χ3v) is 6.24. The average molecular weight is 355 g/mol.